The van der Waals surface area contributed by atoms with Crippen molar-refractivity contribution in [1.29, 1.82) is 0 Å². The van der Waals surface area contributed by atoms with Gasteiger partial charge in [0, 0.05) is 17.9 Å². The molecule has 0 bridgehead atoms. The lowest BCUT2D eigenvalue weighted by atomic mass is 10.1. The minimum atomic E-state index is 1.13. The monoisotopic (exact) mass is 187 g/mol. The van der Waals surface area contributed by atoms with Crippen molar-refractivity contribution in [3.8, 4) is 0 Å². The molecule has 2 rings (SSSR count). The molecule has 74 valence electrons. The average molecular weight is 187 g/mol. The molecule has 0 radical (unpaired) electrons. The van der Waals surface area contributed by atoms with Crippen molar-refractivity contribution >= 4 is 5.69 Å². The molecule has 0 spiro atoms. The summed E-state index contributed by atoms with van der Waals surface area (Å²) in [5.74, 6) is 0. The second kappa shape index (κ2) is 3.87. The molecule has 0 aromatic heterocycles. The SMILES string of the molecule is C=C1CCCCN1c1ccc(C)cc1. The van der Waals surface area contributed by atoms with Crippen molar-refractivity contribution in [3.05, 3.63) is 42.1 Å². The van der Waals surface area contributed by atoms with Gasteiger partial charge in [0.25, 0.3) is 0 Å². The first-order valence-electron chi connectivity index (χ1n) is 5.29. The zero-order chi connectivity index (χ0) is 9.97. The van der Waals surface area contributed by atoms with Gasteiger partial charge in [-0.25, -0.2) is 0 Å². The smallest absolute Gasteiger partial charge is 0.0408 e. The standard InChI is InChI=1S/C13H17N/c1-11-6-8-13(9-7-11)14-10-4-3-5-12(14)2/h6-9H,2-5,10H2,1H3. The molecule has 1 heteroatoms. The third-order valence-electron chi connectivity index (χ3n) is 2.82. The first kappa shape index (κ1) is 9.32. The predicted octanol–water partition coefficient (Wildman–Crippen LogP) is 3.50. The molecule has 0 saturated carbocycles. The Labute approximate surface area is 86.1 Å². The number of anilines is 1. The molecule has 0 N–H and O–H groups in total. The van der Waals surface area contributed by atoms with Crippen LogP contribution in [-0.4, -0.2) is 6.54 Å². The van der Waals surface area contributed by atoms with Crippen molar-refractivity contribution in [1.82, 2.24) is 0 Å². The minimum absolute atomic E-state index is 1.13. The van der Waals surface area contributed by atoms with Crippen LogP contribution in [0.5, 0.6) is 0 Å². The van der Waals surface area contributed by atoms with Gasteiger partial charge in [0.2, 0.25) is 0 Å². The van der Waals surface area contributed by atoms with E-state index in [4.69, 9.17) is 0 Å². The number of hydrogen-bond donors (Lipinski definition) is 0. The summed E-state index contributed by atoms with van der Waals surface area (Å²) in [5, 5.41) is 0. The summed E-state index contributed by atoms with van der Waals surface area (Å²) in [6, 6.07) is 8.70. The molecular formula is C13H17N. The Hall–Kier alpha value is -1.24. The fourth-order valence-corrected chi connectivity index (χ4v) is 1.93. The van der Waals surface area contributed by atoms with E-state index in [1.54, 1.807) is 0 Å². The van der Waals surface area contributed by atoms with Crippen LogP contribution in [0.15, 0.2) is 36.5 Å². The fraction of sp³-hybridized carbons (Fsp3) is 0.385. The predicted molar refractivity (Wildman–Crippen MR) is 61.5 cm³/mol. The van der Waals surface area contributed by atoms with Gasteiger partial charge in [0.05, 0.1) is 0 Å². The van der Waals surface area contributed by atoms with Crippen LogP contribution in [0, 0.1) is 6.92 Å². The van der Waals surface area contributed by atoms with Crippen molar-refractivity contribution in [3.63, 3.8) is 0 Å². The van der Waals surface area contributed by atoms with Gasteiger partial charge < -0.3 is 4.90 Å². The Bertz CT molecular complexity index is 324. The van der Waals surface area contributed by atoms with Gasteiger partial charge in [-0.15, -0.1) is 0 Å². The van der Waals surface area contributed by atoms with E-state index in [1.165, 1.54) is 29.8 Å². The first-order chi connectivity index (χ1) is 6.77. The van der Waals surface area contributed by atoms with Gasteiger partial charge >= 0.3 is 0 Å². The lowest BCUT2D eigenvalue weighted by molar-refractivity contribution is 0.641. The molecule has 1 heterocycles. The number of hydrogen-bond acceptors (Lipinski definition) is 1. The van der Waals surface area contributed by atoms with E-state index in [2.05, 4.69) is 42.7 Å². The van der Waals surface area contributed by atoms with Gasteiger partial charge in [0.1, 0.15) is 0 Å². The summed E-state index contributed by atoms with van der Waals surface area (Å²) in [6.07, 6.45) is 3.72. The van der Waals surface area contributed by atoms with E-state index in [9.17, 15) is 0 Å². The molecule has 0 aliphatic carbocycles. The van der Waals surface area contributed by atoms with Crippen molar-refractivity contribution in [2.45, 2.75) is 26.2 Å². The van der Waals surface area contributed by atoms with Gasteiger partial charge in [-0.2, -0.15) is 0 Å². The van der Waals surface area contributed by atoms with Gasteiger partial charge in [0.15, 0.2) is 0 Å². The van der Waals surface area contributed by atoms with Gasteiger partial charge in [-0.05, 0) is 38.3 Å². The highest BCUT2D eigenvalue weighted by atomic mass is 15.1. The van der Waals surface area contributed by atoms with Crippen molar-refractivity contribution < 1.29 is 0 Å². The second-order valence-corrected chi connectivity index (χ2v) is 4.01. The Morgan fingerprint density at radius 3 is 2.50 bits per heavy atom. The van der Waals surface area contributed by atoms with Crippen LogP contribution in [0.2, 0.25) is 0 Å². The lowest BCUT2D eigenvalue weighted by Crippen LogP contribution is -2.26. The second-order valence-electron chi connectivity index (χ2n) is 4.01. The third-order valence-corrected chi connectivity index (χ3v) is 2.82. The normalized spacial score (nSPS) is 17.2. The molecular weight excluding hydrogens is 170 g/mol. The molecule has 0 unspecified atom stereocenters. The van der Waals surface area contributed by atoms with Crippen LogP contribution in [0.4, 0.5) is 5.69 Å². The number of benzene rings is 1. The summed E-state index contributed by atoms with van der Waals surface area (Å²) in [7, 11) is 0. The number of aryl methyl sites for hydroxylation is 1. The molecule has 1 aliphatic rings. The summed E-state index contributed by atoms with van der Waals surface area (Å²) < 4.78 is 0. The molecule has 0 amide bonds. The van der Waals surface area contributed by atoms with E-state index in [-0.39, 0.29) is 0 Å². The zero-order valence-electron chi connectivity index (χ0n) is 8.79. The maximum atomic E-state index is 4.12. The molecule has 0 atom stereocenters. The highest BCUT2D eigenvalue weighted by molar-refractivity contribution is 5.52. The van der Waals surface area contributed by atoms with E-state index >= 15 is 0 Å². The first-order valence-corrected chi connectivity index (χ1v) is 5.29. The Kier molecular flexibility index (Phi) is 2.58. The maximum Gasteiger partial charge on any atom is 0.0408 e. The zero-order valence-corrected chi connectivity index (χ0v) is 8.79. The Morgan fingerprint density at radius 2 is 1.86 bits per heavy atom. The van der Waals surface area contributed by atoms with E-state index < -0.39 is 0 Å². The third kappa shape index (κ3) is 1.82. The number of nitrogens with zero attached hydrogens (tertiary/aromatic N) is 1. The van der Waals surface area contributed by atoms with E-state index in [1.807, 2.05) is 0 Å². The summed E-state index contributed by atoms with van der Waals surface area (Å²) in [4.78, 5) is 2.34. The van der Waals surface area contributed by atoms with E-state index in [0.29, 0.717) is 0 Å². The quantitative estimate of drug-likeness (QED) is 0.650. The van der Waals surface area contributed by atoms with Crippen LogP contribution in [0.3, 0.4) is 0 Å². The van der Waals surface area contributed by atoms with Gasteiger partial charge in [-0.1, -0.05) is 24.3 Å². The van der Waals surface area contributed by atoms with Crippen molar-refractivity contribution in [2.75, 3.05) is 11.4 Å². The van der Waals surface area contributed by atoms with Crippen LogP contribution < -0.4 is 4.90 Å². The number of rotatable bonds is 1. The molecule has 1 nitrogen and oxygen atoms in total. The highest BCUT2D eigenvalue weighted by Gasteiger charge is 2.13. The summed E-state index contributed by atoms with van der Waals surface area (Å²) >= 11 is 0. The number of allylic oxidation sites excluding steroid dienone is 1. The minimum Gasteiger partial charge on any atom is -0.346 e. The molecule has 1 aliphatic heterocycles. The Morgan fingerprint density at radius 1 is 1.14 bits per heavy atom. The molecule has 1 aromatic carbocycles. The fourth-order valence-electron chi connectivity index (χ4n) is 1.93. The topological polar surface area (TPSA) is 3.24 Å². The summed E-state index contributed by atoms with van der Waals surface area (Å²) in [6.45, 7) is 7.37. The highest BCUT2D eigenvalue weighted by Crippen LogP contribution is 2.26. The van der Waals surface area contributed by atoms with Crippen LogP contribution in [0.1, 0.15) is 24.8 Å². The molecule has 1 fully saturated rings. The summed E-state index contributed by atoms with van der Waals surface area (Å²) in [5.41, 5.74) is 3.87. The number of piperidine rings is 1. The average Bonchev–Trinajstić information content (AvgIpc) is 2.20. The lowest BCUT2D eigenvalue weighted by Gasteiger charge is -2.31. The molecule has 1 saturated heterocycles. The van der Waals surface area contributed by atoms with Crippen LogP contribution >= 0.6 is 0 Å². The van der Waals surface area contributed by atoms with Crippen molar-refractivity contribution in [2.24, 2.45) is 0 Å². The molecule has 1 aromatic rings. The van der Waals surface area contributed by atoms with E-state index in [0.717, 1.165) is 13.0 Å². The van der Waals surface area contributed by atoms with Crippen LogP contribution in [-0.2, 0) is 0 Å². The Balaban J connectivity index is 2.20. The molecule has 14 heavy (non-hydrogen) atoms. The largest absolute Gasteiger partial charge is 0.346 e. The van der Waals surface area contributed by atoms with Crippen LogP contribution in [0.25, 0.3) is 0 Å². The van der Waals surface area contributed by atoms with Gasteiger partial charge in [-0.3, -0.25) is 0 Å². The maximum absolute atomic E-state index is 4.12.